The summed E-state index contributed by atoms with van der Waals surface area (Å²) < 4.78 is 40.5. The van der Waals surface area contributed by atoms with Gasteiger partial charge >= 0.3 is 6.36 Å². The number of alkyl halides is 4. The fourth-order valence-corrected chi connectivity index (χ4v) is 1.50. The Kier molecular flexibility index (Phi) is 4.87. The van der Waals surface area contributed by atoms with Crippen LogP contribution in [0.15, 0.2) is 30.3 Å². The second kappa shape index (κ2) is 5.96. The molecular formula is C12H12ClF3O. The molecule has 1 rings (SSSR count). The van der Waals surface area contributed by atoms with Gasteiger partial charge in [-0.2, -0.15) is 0 Å². The Labute approximate surface area is 103 Å². The van der Waals surface area contributed by atoms with Crippen LogP contribution in [0.25, 0.3) is 5.57 Å². The Morgan fingerprint density at radius 2 is 2.00 bits per heavy atom. The van der Waals surface area contributed by atoms with Gasteiger partial charge in [-0.25, -0.2) is 0 Å². The SMILES string of the molecule is CC(=CCCCl)c1ccccc1OC(F)(F)F. The van der Waals surface area contributed by atoms with Gasteiger partial charge in [-0.15, -0.1) is 24.8 Å². The Morgan fingerprint density at radius 1 is 1.35 bits per heavy atom. The van der Waals surface area contributed by atoms with Crippen LogP contribution in [-0.2, 0) is 0 Å². The second-order valence-corrected chi connectivity index (χ2v) is 3.79. The standard InChI is InChI=1S/C12H12ClF3O/c1-9(5-4-8-13)10-6-2-3-7-11(10)17-12(14,15)16/h2-3,5-7H,4,8H2,1H3. The number of hydrogen-bond acceptors (Lipinski definition) is 1. The molecule has 0 unspecified atom stereocenters. The molecule has 0 bridgehead atoms. The predicted octanol–water partition coefficient (Wildman–Crippen LogP) is 4.62. The van der Waals surface area contributed by atoms with E-state index in [0.29, 0.717) is 23.4 Å². The Morgan fingerprint density at radius 3 is 2.59 bits per heavy atom. The first kappa shape index (κ1) is 13.9. The molecule has 0 N–H and O–H groups in total. The molecule has 0 saturated carbocycles. The van der Waals surface area contributed by atoms with Crippen molar-refractivity contribution in [1.29, 1.82) is 0 Å². The van der Waals surface area contributed by atoms with Crippen LogP contribution in [0.3, 0.4) is 0 Å². The van der Waals surface area contributed by atoms with Crippen LogP contribution in [0.5, 0.6) is 5.75 Å². The number of hydrogen-bond donors (Lipinski definition) is 0. The Bertz CT molecular complexity index is 399. The molecular weight excluding hydrogens is 253 g/mol. The minimum Gasteiger partial charge on any atom is -0.405 e. The van der Waals surface area contributed by atoms with Gasteiger partial charge in [0, 0.05) is 11.4 Å². The van der Waals surface area contributed by atoms with E-state index in [9.17, 15) is 13.2 Å². The highest BCUT2D eigenvalue weighted by atomic mass is 35.5. The maximum atomic E-state index is 12.2. The van der Waals surface area contributed by atoms with Crippen molar-refractivity contribution in [3.63, 3.8) is 0 Å². The zero-order valence-corrected chi connectivity index (χ0v) is 9.98. The molecule has 0 aromatic heterocycles. The minimum atomic E-state index is -4.68. The van der Waals surface area contributed by atoms with Crippen LogP contribution in [0.1, 0.15) is 18.9 Å². The lowest BCUT2D eigenvalue weighted by Gasteiger charge is -2.13. The highest BCUT2D eigenvalue weighted by molar-refractivity contribution is 6.17. The van der Waals surface area contributed by atoms with E-state index in [-0.39, 0.29) is 5.75 Å². The molecule has 17 heavy (non-hydrogen) atoms. The first-order valence-electron chi connectivity index (χ1n) is 5.02. The minimum absolute atomic E-state index is 0.191. The molecule has 1 aromatic carbocycles. The summed E-state index contributed by atoms with van der Waals surface area (Å²) in [5, 5.41) is 0. The van der Waals surface area contributed by atoms with Crippen molar-refractivity contribution in [3.05, 3.63) is 35.9 Å². The first-order chi connectivity index (χ1) is 7.94. The Hall–Kier alpha value is -1.16. The lowest BCUT2D eigenvalue weighted by atomic mass is 10.1. The lowest BCUT2D eigenvalue weighted by Crippen LogP contribution is -2.17. The molecule has 0 aliphatic heterocycles. The van der Waals surface area contributed by atoms with Crippen molar-refractivity contribution >= 4 is 17.2 Å². The normalized spacial score (nSPS) is 12.6. The van der Waals surface area contributed by atoms with E-state index in [2.05, 4.69) is 4.74 Å². The number of rotatable bonds is 4. The van der Waals surface area contributed by atoms with Gasteiger partial charge in [-0.05, 0) is 25.0 Å². The van der Waals surface area contributed by atoms with Crippen molar-refractivity contribution in [2.24, 2.45) is 0 Å². The molecule has 0 fully saturated rings. The Balaban J connectivity index is 2.99. The predicted molar refractivity (Wildman–Crippen MR) is 62.1 cm³/mol. The quantitative estimate of drug-likeness (QED) is 0.721. The molecule has 0 saturated heterocycles. The van der Waals surface area contributed by atoms with E-state index < -0.39 is 6.36 Å². The summed E-state index contributed by atoms with van der Waals surface area (Å²) >= 11 is 5.52. The van der Waals surface area contributed by atoms with E-state index in [1.165, 1.54) is 12.1 Å². The molecule has 0 heterocycles. The third-order valence-electron chi connectivity index (χ3n) is 2.10. The van der Waals surface area contributed by atoms with Crippen LogP contribution in [0.4, 0.5) is 13.2 Å². The van der Waals surface area contributed by atoms with Gasteiger partial charge in [0.05, 0.1) is 0 Å². The van der Waals surface area contributed by atoms with Gasteiger partial charge in [0.1, 0.15) is 5.75 Å². The highest BCUT2D eigenvalue weighted by Crippen LogP contribution is 2.30. The topological polar surface area (TPSA) is 9.23 Å². The fourth-order valence-electron chi connectivity index (χ4n) is 1.39. The maximum absolute atomic E-state index is 12.2. The molecule has 0 amide bonds. The number of benzene rings is 1. The van der Waals surface area contributed by atoms with Crippen LogP contribution < -0.4 is 4.74 Å². The average Bonchev–Trinajstić information content (AvgIpc) is 2.24. The highest BCUT2D eigenvalue weighted by Gasteiger charge is 2.32. The van der Waals surface area contributed by atoms with Crippen molar-refractivity contribution < 1.29 is 17.9 Å². The van der Waals surface area contributed by atoms with Crippen LogP contribution in [-0.4, -0.2) is 12.2 Å². The second-order valence-electron chi connectivity index (χ2n) is 3.41. The molecule has 1 nitrogen and oxygen atoms in total. The molecule has 0 atom stereocenters. The molecule has 94 valence electrons. The monoisotopic (exact) mass is 264 g/mol. The van der Waals surface area contributed by atoms with Gasteiger partial charge in [0.15, 0.2) is 0 Å². The first-order valence-corrected chi connectivity index (χ1v) is 5.55. The smallest absolute Gasteiger partial charge is 0.405 e. The molecule has 0 aliphatic rings. The lowest BCUT2D eigenvalue weighted by molar-refractivity contribution is -0.274. The van der Waals surface area contributed by atoms with Gasteiger partial charge in [0.25, 0.3) is 0 Å². The summed E-state index contributed by atoms with van der Waals surface area (Å²) in [6.45, 7) is 1.73. The fraction of sp³-hybridized carbons (Fsp3) is 0.333. The molecule has 0 radical (unpaired) electrons. The van der Waals surface area contributed by atoms with Crippen LogP contribution in [0, 0.1) is 0 Å². The molecule has 5 heteroatoms. The van der Waals surface area contributed by atoms with E-state index in [0.717, 1.165) is 0 Å². The van der Waals surface area contributed by atoms with Crippen molar-refractivity contribution in [2.45, 2.75) is 19.7 Å². The van der Waals surface area contributed by atoms with Crippen LogP contribution in [0.2, 0.25) is 0 Å². The van der Waals surface area contributed by atoms with E-state index in [1.807, 2.05) is 0 Å². The third-order valence-corrected chi connectivity index (χ3v) is 2.32. The summed E-state index contributed by atoms with van der Waals surface area (Å²) in [7, 11) is 0. The largest absolute Gasteiger partial charge is 0.573 e. The van der Waals surface area contributed by atoms with E-state index in [4.69, 9.17) is 11.6 Å². The number of halogens is 4. The molecule has 1 aromatic rings. The summed E-state index contributed by atoms with van der Waals surface area (Å²) in [5.74, 6) is 0.239. The van der Waals surface area contributed by atoms with Gasteiger partial charge in [0.2, 0.25) is 0 Å². The number of allylic oxidation sites excluding steroid dienone is 2. The molecule has 0 aliphatic carbocycles. The zero-order chi connectivity index (χ0) is 12.9. The van der Waals surface area contributed by atoms with E-state index in [1.54, 1.807) is 25.1 Å². The summed E-state index contributed by atoms with van der Waals surface area (Å²) in [5.41, 5.74) is 1.14. The summed E-state index contributed by atoms with van der Waals surface area (Å²) in [6.07, 6.45) is -2.29. The molecule has 0 spiro atoms. The van der Waals surface area contributed by atoms with Crippen molar-refractivity contribution in [1.82, 2.24) is 0 Å². The maximum Gasteiger partial charge on any atom is 0.573 e. The number of para-hydroxylation sites is 1. The number of ether oxygens (including phenoxy) is 1. The van der Waals surface area contributed by atoms with Crippen LogP contribution >= 0.6 is 11.6 Å². The van der Waals surface area contributed by atoms with Gasteiger partial charge < -0.3 is 4.74 Å². The van der Waals surface area contributed by atoms with Gasteiger partial charge in [-0.1, -0.05) is 24.3 Å². The summed E-state index contributed by atoms with van der Waals surface area (Å²) in [6, 6.07) is 6.04. The van der Waals surface area contributed by atoms with Crippen molar-refractivity contribution in [3.8, 4) is 5.75 Å². The average molecular weight is 265 g/mol. The third kappa shape index (κ3) is 4.69. The zero-order valence-electron chi connectivity index (χ0n) is 9.22. The summed E-state index contributed by atoms with van der Waals surface area (Å²) in [4.78, 5) is 0. The van der Waals surface area contributed by atoms with E-state index >= 15 is 0 Å². The van der Waals surface area contributed by atoms with Crippen molar-refractivity contribution in [2.75, 3.05) is 5.88 Å². The van der Waals surface area contributed by atoms with Gasteiger partial charge in [-0.3, -0.25) is 0 Å².